The van der Waals surface area contributed by atoms with Gasteiger partial charge in [0.05, 0.1) is 0 Å². The molecule has 0 saturated carbocycles. The van der Waals surface area contributed by atoms with Crippen molar-refractivity contribution in [3.05, 3.63) is 101 Å². The zero-order valence-electron chi connectivity index (χ0n) is 14.6. The van der Waals surface area contributed by atoms with Crippen LogP contribution in [-0.4, -0.2) is 0 Å². The van der Waals surface area contributed by atoms with E-state index in [-0.39, 0.29) is 5.41 Å². The number of benzene rings is 3. The molecule has 1 aliphatic rings. The summed E-state index contributed by atoms with van der Waals surface area (Å²) in [5.74, 6) is 0. The van der Waals surface area contributed by atoms with Gasteiger partial charge in [-0.25, -0.2) is 0 Å². The highest BCUT2D eigenvalue weighted by atomic mass is 14.4. The number of aryl methyl sites for hydroxylation is 1. The molecule has 0 unspecified atom stereocenters. The van der Waals surface area contributed by atoms with Crippen molar-refractivity contribution in [2.24, 2.45) is 0 Å². The van der Waals surface area contributed by atoms with Crippen molar-refractivity contribution < 1.29 is 0 Å². The summed E-state index contributed by atoms with van der Waals surface area (Å²) in [6.07, 6.45) is 0. The van der Waals surface area contributed by atoms with Gasteiger partial charge in [0.1, 0.15) is 0 Å². The van der Waals surface area contributed by atoms with Crippen LogP contribution < -0.4 is 0 Å². The van der Waals surface area contributed by atoms with Crippen molar-refractivity contribution in [2.75, 3.05) is 0 Å². The van der Waals surface area contributed by atoms with Gasteiger partial charge in [-0.05, 0) is 57.5 Å². The Kier molecular flexibility index (Phi) is 3.25. The van der Waals surface area contributed by atoms with Crippen LogP contribution in [0, 0.1) is 6.92 Å². The van der Waals surface area contributed by atoms with E-state index in [9.17, 15) is 0 Å². The predicted octanol–water partition coefficient (Wildman–Crippen LogP) is 6.36. The van der Waals surface area contributed by atoms with E-state index in [0.29, 0.717) is 0 Å². The van der Waals surface area contributed by atoms with Gasteiger partial charge in [0, 0.05) is 5.41 Å². The normalized spacial score (nSPS) is 14.1. The Morgan fingerprint density at radius 1 is 0.792 bits per heavy atom. The molecule has 0 aromatic heterocycles. The van der Waals surface area contributed by atoms with Crippen LogP contribution in [-0.2, 0) is 5.41 Å². The quantitative estimate of drug-likeness (QED) is 0.516. The summed E-state index contributed by atoms with van der Waals surface area (Å²) in [5.41, 5.74) is 10.4. The van der Waals surface area contributed by atoms with Crippen molar-refractivity contribution in [3.63, 3.8) is 0 Å². The molecular weight excluding hydrogens is 288 g/mol. The summed E-state index contributed by atoms with van der Waals surface area (Å²) in [5, 5.41) is 0. The second-order valence-electron chi connectivity index (χ2n) is 7.22. The monoisotopic (exact) mass is 310 g/mol. The SMILES string of the molecule is C=C(c1ccc2c(c1)C(C)(C)c1ccccc1-2)c1ccccc1C. The third-order valence-electron chi connectivity index (χ3n) is 5.40. The Hall–Kier alpha value is -2.60. The fourth-order valence-corrected chi connectivity index (χ4v) is 3.96. The molecule has 0 radical (unpaired) electrons. The molecule has 0 heterocycles. The van der Waals surface area contributed by atoms with Gasteiger partial charge < -0.3 is 0 Å². The van der Waals surface area contributed by atoms with E-state index in [1.165, 1.54) is 38.9 Å². The van der Waals surface area contributed by atoms with E-state index in [2.05, 4.69) is 94.1 Å². The molecule has 0 heteroatoms. The minimum Gasteiger partial charge on any atom is -0.0905 e. The standard InChI is InChI=1S/C24H22/c1-16-9-5-6-10-19(16)17(2)18-13-14-21-20-11-7-8-12-22(20)24(3,4)23(21)15-18/h5-15H,2H2,1,3-4H3. The van der Waals surface area contributed by atoms with Crippen LogP contribution in [0.1, 0.15) is 41.7 Å². The van der Waals surface area contributed by atoms with Crippen molar-refractivity contribution >= 4 is 5.57 Å². The maximum Gasteiger partial charge on any atom is 0.0159 e. The first-order chi connectivity index (χ1) is 11.5. The molecule has 0 atom stereocenters. The smallest absolute Gasteiger partial charge is 0.0159 e. The van der Waals surface area contributed by atoms with Crippen LogP contribution >= 0.6 is 0 Å². The van der Waals surface area contributed by atoms with Gasteiger partial charge >= 0.3 is 0 Å². The highest BCUT2D eigenvalue weighted by Crippen LogP contribution is 2.49. The molecule has 0 bridgehead atoms. The number of hydrogen-bond donors (Lipinski definition) is 0. The largest absolute Gasteiger partial charge is 0.0905 e. The Bertz CT molecular complexity index is 957. The molecule has 1 aliphatic carbocycles. The maximum atomic E-state index is 4.38. The topological polar surface area (TPSA) is 0 Å². The lowest BCUT2D eigenvalue weighted by atomic mass is 9.81. The highest BCUT2D eigenvalue weighted by Gasteiger charge is 2.35. The van der Waals surface area contributed by atoms with Crippen LogP contribution in [0.15, 0.2) is 73.3 Å². The second-order valence-corrected chi connectivity index (χ2v) is 7.22. The summed E-state index contributed by atoms with van der Waals surface area (Å²) < 4.78 is 0. The highest BCUT2D eigenvalue weighted by molar-refractivity contribution is 5.86. The van der Waals surface area contributed by atoms with E-state index >= 15 is 0 Å². The minimum absolute atomic E-state index is 0.0357. The van der Waals surface area contributed by atoms with Gasteiger partial charge in [-0.1, -0.05) is 81.1 Å². The first-order valence-corrected chi connectivity index (χ1v) is 8.50. The molecule has 118 valence electrons. The molecule has 0 nitrogen and oxygen atoms in total. The van der Waals surface area contributed by atoms with Gasteiger partial charge in [-0.15, -0.1) is 0 Å². The van der Waals surface area contributed by atoms with Crippen molar-refractivity contribution in [2.45, 2.75) is 26.2 Å². The van der Waals surface area contributed by atoms with E-state index in [4.69, 9.17) is 0 Å². The Morgan fingerprint density at radius 2 is 1.46 bits per heavy atom. The first kappa shape index (κ1) is 15.0. The van der Waals surface area contributed by atoms with E-state index in [0.717, 1.165) is 5.57 Å². The average Bonchev–Trinajstić information content (AvgIpc) is 2.83. The first-order valence-electron chi connectivity index (χ1n) is 8.50. The molecule has 4 rings (SSSR count). The van der Waals surface area contributed by atoms with Gasteiger partial charge in [-0.2, -0.15) is 0 Å². The lowest BCUT2D eigenvalue weighted by Crippen LogP contribution is -2.15. The molecule has 0 N–H and O–H groups in total. The van der Waals surface area contributed by atoms with E-state index in [1.54, 1.807) is 0 Å². The number of fused-ring (bicyclic) bond motifs is 3. The molecule has 0 saturated heterocycles. The molecule has 0 aliphatic heterocycles. The van der Waals surface area contributed by atoms with E-state index < -0.39 is 0 Å². The van der Waals surface area contributed by atoms with Crippen LogP contribution in [0.4, 0.5) is 0 Å². The third kappa shape index (κ3) is 2.06. The zero-order chi connectivity index (χ0) is 16.9. The summed E-state index contributed by atoms with van der Waals surface area (Å²) >= 11 is 0. The maximum absolute atomic E-state index is 4.38. The van der Waals surface area contributed by atoms with Gasteiger partial charge in [-0.3, -0.25) is 0 Å². The Labute approximate surface area is 144 Å². The molecule has 3 aromatic rings. The zero-order valence-corrected chi connectivity index (χ0v) is 14.6. The summed E-state index contributed by atoms with van der Waals surface area (Å²) in [4.78, 5) is 0. The van der Waals surface area contributed by atoms with Crippen LogP contribution in [0.2, 0.25) is 0 Å². The fourth-order valence-electron chi connectivity index (χ4n) is 3.96. The molecule has 3 aromatic carbocycles. The summed E-state index contributed by atoms with van der Waals surface area (Å²) in [7, 11) is 0. The predicted molar refractivity (Wildman–Crippen MR) is 103 cm³/mol. The third-order valence-corrected chi connectivity index (χ3v) is 5.40. The lowest BCUT2D eigenvalue weighted by molar-refractivity contribution is 0.660. The van der Waals surface area contributed by atoms with Gasteiger partial charge in [0.25, 0.3) is 0 Å². The van der Waals surface area contributed by atoms with Crippen molar-refractivity contribution in [1.29, 1.82) is 0 Å². The van der Waals surface area contributed by atoms with E-state index in [1.807, 2.05) is 0 Å². The molecule has 0 amide bonds. The number of rotatable bonds is 2. The Balaban J connectivity index is 1.85. The molecule has 24 heavy (non-hydrogen) atoms. The Morgan fingerprint density at radius 3 is 2.25 bits per heavy atom. The van der Waals surface area contributed by atoms with Crippen molar-refractivity contribution in [3.8, 4) is 11.1 Å². The summed E-state index contributed by atoms with van der Waals surface area (Å²) in [6.45, 7) is 11.2. The van der Waals surface area contributed by atoms with Gasteiger partial charge in [0.2, 0.25) is 0 Å². The fraction of sp³-hybridized carbons (Fsp3) is 0.167. The minimum atomic E-state index is 0.0357. The lowest BCUT2D eigenvalue weighted by Gasteiger charge is -2.22. The molecule has 0 spiro atoms. The average molecular weight is 310 g/mol. The summed E-state index contributed by atoms with van der Waals surface area (Å²) in [6, 6.07) is 24.0. The van der Waals surface area contributed by atoms with Crippen molar-refractivity contribution in [1.82, 2.24) is 0 Å². The molecular formula is C24H22. The van der Waals surface area contributed by atoms with Crippen LogP contribution in [0.3, 0.4) is 0 Å². The van der Waals surface area contributed by atoms with Crippen LogP contribution in [0.25, 0.3) is 16.7 Å². The number of hydrogen-bond acceptors (Lipinski definition) is 0. The van der Waals surface area contributed by atoms with Gasteiger partial charge in [0.15, 0.2) is 0 Å². The second kappa shape index (κ2) is 5.21. The van der Waals surface area contributed by atoms with Crippen LogP contribution in [0.5, 0.6) is 0 Å². The molecule has 0 fully saturated rings.